The number of ketones is 1. The summed E-state index contributed by atoms with van der Waals surface area (Å²) >= 11 is 0. The van der Waals surface area contributed by atoms with E-state index < -0.39 is 6.10 Å². The summed E-state index contributed by atoms with van der Waals surface area (Å²) in [6.45, 7) is 1.94. The maximum atomic E-state index is 12.1. The molecule has 3 aromatic rings. The van der Waals surface area contributed by atoms with E-state index in [0.717, 1.165) is 28.3 Å². The molecule has 0 amide bonds. The number of rotatable bonds is 11. The normalized spacial score (nSPS) is 12.1. The van der Waals surface area contributed by atoms with E-state index in [1.54, 1.807) is 30.3 Å². The fraction of sp³-hybridized carbons (Fsp3) is 0.346. The smallest absolute Gasteiger partial charge is 0.161 e. The summed E-state index contributed by atoms with van der Waals surface area (Å²) in [7, 11) is 0. The van der Waals surface area contributed by atoms with Crippen LogP contribution in [0.3, 0.4) is 0 Å². The largest absolute Gasteiger partial charge is 0.508 e. The van der Waals surface area contributed by atoms with E-state index in [2.05, 4.69) is 0 Å². The Balaban J connectivity index is 1.67. The van der Waals surface area contributed by atoms with E-state index in [1.165, 1.54) is 6.07 Å². The highest BCUT2D eigenvalue weighted by Gasteiger charge is 2.12. The molecule has 3 aromatic carbocycles. The van der Waals surface area contributed by atoms with Gasteiger partial charge in [0.2, 0.25) is 0 Å². The fourth-order valence-electron chi connectivity index (χ4n) is 3.73. The van der Waals surface area contributed by atoms with Crippen LogP contribution < -0.4 is 4.74 Å². The van der Waals surface area contributed by atoms with Crippen molar-refractivity contribution in [3.63, 3.8) is 0 Å². The first kappa shape index (κ1) is 23.6. The number of fused-ring (bicyclic) bond motifs is 1. The molecule has 0 saturated heterocycles. The Hall–Kier alpha value is -3.09. The summed E-state index contributed by atoms with van der Waals surface area (Å²) in [4.78, 5) is 12.1. The van der Waals surface area contributed by atoms with Gasteiger partial charge in [0.1, 0.15) is 18.1 Å². The number of hydrogen-bond donors (Lipinski definition) is 4. The van der Waals surface area contributed by atoms with Gasteiger partial charge in [0, 0.05) is 12.8 Å². The van der Waals surface area contributed by atoms with Crippen molar-refractivity contribution < 1.29 is 30.0 Å². The summed E-state index contributed by atoms with van der Waals surface area (Å²) < 4.78 is 5.85. The van der Waals surface area contributed by atoms with Gasteiger partial charge in [0.25, 0.3) is 0 Å². The molecule has 170 valence electrons. The second-order valence-corrected chi connectivity index (χ2v) is 8.09. The van der Waals surface area contributed by atoms with Crippen molar-refractivity contribution in [1.29, 1.82) is 0 Å². The van der Waals surface area contributed by atoms with Crippen LogP contribution in [-0.2, 0) is 24.4 Å². The van der Waals surface area contributed by atoms with E-state index in [1.807, 2.05) is 19.1 Å². The molecule has 1 atom stereocenters. The van der Waals surface area contributed by atoms with Crippen LogP contribution in [0.25, 0.3) is 10.8 Å². The van der Waals surface area contributed by atoms with Gasteiger partial charge in [0.15, 0.2) is 11.5 Å². The van der Waals surface area contributed by atoms with Gasteiger partial charge in [-0.05, 0) is 76.7 Å². The SMILES string of the molecule is CCC[C@@H](O)CC(=O)CCc1ccc(O)c(OCc2cc3ccc(O)cc3cc2CO)c1. The number of aryl methyl sites for hydroxylation is 1. The molecular weight excluding hydrogens is 408 g/mol. The van der Waals surface area contributed by atoms with Gasteiger partial charge in [-0.2, -0.15) is 0 Å². The number of aliphatic hydroxyl groups is 2. The molecule has 32 heavy (non-hydrogen) atoms. The average molecular weight is 439 g/mol. The van der Waals surface area contributed by atoms with Crippen LogP contribution in [0.2, 0.25) is 0 Å². The maximum Gasteiger partial charge on any atom is 0.161 e. The molecule has 0 unspecified atom stereocenters. The monoisotopic (exact) mass is 438 g/mol. The molecule has 0 bridgehead atoms. The quantitative estimate of drug-likeness (QED) is 0.354. The van der Waals surface area contributed by atoms with Crippen molar-refractivity contribution in [2.75, 3.05) is 0 Å². The van der Waals surface area contributed by atoms with Gasteiger partial charge in [-0.15, -0.1) is 0 Å². The van der Waals surface area contributed by atoms with Crippen molar-refractivity contribution >= 4 is 16.6 Å². The fourth-order valence-corrected chi connectivity index (χ4v) is 3.73. The van der Waals surface area contributed by atoms with Gasteiger partial charge in [0.05, 0.1) is 12.7 Å². The van der Waals surface area contributed by atoms with Crippen molar-refractivity contribution in [1.82, 2.24) is 0 Å². The predicted molar refractivity (Wildman–Crippen MR) is 123 cm³/mol. The summed E-state index contributed by atoms with van der Waals surface area (Å²) in [5.74, 6) is 0.465. The third-order valence-corrected chi connectivity index (χ3v) is 5.50. The number of phenols is 2. The number of hydrogen-bond acceptors (Lipinski definition) is 6. The Labute approximate surface area is 187 Å². The van der Waals surface area contributed by atoms with Crippen molar-refractivity contribution in [3.05, 3.63) is 65.2 Å². The number of carbonyl (C=O) groups excluding carboxylic acids is 1. The van der Waals surface area contributed by atoms with E-state index >= 15 is 0 Å². The minimum Gasteiger partial charge on any atom is -0.508 e. The molecule has 6 nitrogen and oxygen atoms in total. The second-order valence-electron chi connectivity index (χ2n) is 8.09. The van der Waals surface area contributed by atoms with Crippen LogP contribution in [0.15, 0.2) is 48.5 Å². The molecule has 6 heteroatoms. The molecule has 0 saturated carbocycles. The molecule has 0 heterocycles. The molecule has 0 spiro atoms. The van der Waals surface area contributed by atoms with Crippen molar-refractivity contribution in [2.24, 2.45) is 0 Å². The van der Waals surface area contributed by atoms with E-state index in [-0.39, 0.29) is 36.9 Å². The first-order valence-electron chi connectivity index (χ1n) is 10.9. The minimum atomic E-state index is -0.585. The lowest BCUT2D eigenvalue weighted by molar-refractivity contribution is -0.121. The molecule has 0 aromatic heterocycles. The lowest BCUT2D eigenvalue weighted by Gasteiger charge is -2.14. The molecule has 4 N–H and O–H groups in total. The number of benzene rings is 3. The number of aromatic hydroxyl groups is 2. The Morgan fingerprint density at radius 1 is 1.00 bits per heavy atom. The Morgan fingerprint density at radius 3 is 2.53 bits per heavy atom. The molecule has 0 aliphatic rings. The number of aliphatic hydroxyl groups excluding tert-OH is 2. The summed E-state index contributed by atoms with van der Waals surface area (Å²) in [5, 5.41) is 41.1. The number of phenolic OH excluding ortho intramolecular Hbond substituents is 2. The van der Waals surface area contributed by atoms with Crippen molar-refractivity contribution in [3.8, 4) is 17.2 Å². The zero-order valence-electron chi connectivity index (χ0n) is 18.3. The lowest BCUT2D eigenvalue weighted by Crippen LogP contribution is -2.13. The summed E-state index contributed by atoms with van der Waals surface area (Å²) in [5.41, 5.74) is 2.30. The topological polar surface area (TPSA) is 107 Å². The lowest BCUT2D eigenvalue weighted by atomic mass is 10.0. The molecule has 0 aliphatic carbocycles. The Morgan fingerprint density at radius 2 is 1.78 bits per heavy atom. The van der Waals surface area contributed by atoms with Crippen LogP contribution in [0.4, 0.5) is 0 Å². The zero-order chi connectivity index (χ0) is 23.1. The standard InChI is InChI=1S/C26H30O6/c1-2-3-22(28)14-24(30)7-4-17-5-9-25(31)26(10-17)32-16-21-11-18-6-8-23(29)13-19(18)12-20(21)15-27/h5-6,8-13,22,27-29,31H,2-4,7,14-16H2,1H3/t22-/m1/s1. The van der Waals surface area contributed by atoms with Crippen LogP contribution in [0.1, 0.15) is 49.3 Å². The third-order valence-electron chi connectivity index (χ3n) is 5.50. The number of carbonyl (C=O) groups is 1. The van der Waals surface area contributed by atoms with Gasteiger partial charge in [-0.25, -0.2) is 0 Å². The van der Waals surface area contributed by atoms with Gasteiger partial charge < -0.3 is 25.2 Å². The average Bonchev–Trinajstić information content (AvgIpc) is 2.77. The van der Waals surface area contributed by atoms with E-state index in [4.69, 9.17) is 4.74 Å². The molecule has 3 rings (SSSR count). The maximum absolute atomic E-state index is 12.1. The van der Waals surface area contributed by atoms with Crippen LogP contribution >= 0.6 is 0 Å². The highest BCUT2D eigenvalue weighted by molar-refractivity contribution is 5.85. The Bertz CT molecular complexity index is 1080. The minimum absolute atomic E-state index is 0.00490. The van der Waals surface area contributed by atoms with Crippen molar-refractivity contribution in [2.45, 2.75) is 58.3 Å². The number of Topliss-reactive ketones (excluding diaryl/α,β-unsaturated/α-hetero) is 1. The molecular formula is C26H30O6. The first-order chi connectivity index (χ1) is 15.4. The highest BCUT2D eigenvalue weighted by atomic mass is 16.5. The van der Waals surface area contributed by atoms with E-state index in [9.17, 15) is 25.2 Å². The van der Waals surface area contributed by atoms with Crippen LogP contribution in [0, 0.1) is 0 Å². The van der Waals surface area contributed by atoms with Crippen LogP contribution in [-0.4, -0.2) is 32.3 Å². The third kappa shape index (κ3) is 6.22. The van der Waals surface area contributed by atoms with Gasteiger partial charge in [-0.1, -0.05) is 25.5 Å². The number of ether oxygens (including phenoxy) is 1. The summed E-state index contributed by atoms with van der Waals surface area (Å²) in [6.07, 6.45) is 1.85. The van der Waals surface area contributed by atoms with E-state index in [0.29, 0.717) is 30.6 Å². The predicted octanol–water partition coefficient (Wildman–Crippen LogP) is 4.38. The molecule has 0 fully saturated rings. The second kappa shape index (κ2) is 11.0. The highest BCUT2D eigenvalue weighted by Crippen LogP contribution is 2.30. The molecule has 0 aliphatic heterocycles. The molecule has 0 radical (unpaired) electrons. The summed E-state index contributed by atoms with van der Waals surface area (Å²) in [6, 6.07) is 13.7. The van der Waals surface area contributed by atoms with Gasteiger partial charge >= 0.3 is 0 Å². The van der Waals surface area contributed by atoms with Gasteiger partial charge in [-0.3, -0.25) is 4.79 Å². The zero-order valence-corrected chi connectivity index (χ0v) is 18.3. The first-order valence-corrected chi connectivity index (χ1v) is 10.9. The Kier molecular flexibility index (Phi) is 8.09. The van der Waals surface area contributed by atoms with Crippen LogP contribution in [0.5, 0.6) is 17.2 Å².